The molecule has 10 heteroatoms. The third kappa shape index (κ3) is 7.50. The highest BCUT2D eigenvalue weighted by molar-refractivity contribution is 5.85. The maximum absolute atomic E-state index is 12.9. The van der Waals surface area contributed by atoms with Gasteiger partial charge in [0.25, 0.3) is 0 Å². The molecule has 0 aliphatic heterocycles. The molecule has 0 amide bonds. The lowest BCUT2D eigenvalue weighted by Gasteiger charge is -2.29. The van der Waals surface area contributed by atoms with E-state index in [2.05, 4.69) is 10.3 Å². The molecule has 1 fully saturated rings. The second kappa shape index (κ2) is 11.3. The quantitative estimate of drug-likeness (QED) is 0.557. The van der Waals surface area contributed by atoms with E-state index in [0.717, 1.165) is 17.8 Å². The predicted molar refractivity (Wildman–Crippen MR) is 116 cm³/mol. The van der Waals surface area contributed by atoms with Crippen LogP contribution in [-0.2, 0) is 12.7 Å². The average Bonchev–Trinajstić information content (AvgIpc) is 2.94. The van der Waals surface area contributed by atoms with Gasteiger partial charge < -0.3 is 20.3 Å². The normalized spacial score (nSPS) is 23.0. The second-order valence-corrected chi connectivity index (χ2v) is 7.75. The van der Waals surface area contributed by atoms with Crippen LogP contribution in [0.25, 0.3) is 0 Å². The number of hydrogen-bond donors (Lipinski definition) is 3. The molecule has 1 aromatic heterocycles. The number of halogens is 5. The van der Waals surface area contributed by atoms with Gasteiger partial charge in [-0.25, -0.2) is 4.98 Å². The number of pyridine rings is 1. The lowest BCUT2D eigenvalue weighted by molar-refractivity contribution is -0.137. The van der Waals surface area contributed by atoms with E-state index in [0.29, 0.717) is 30.8 Å². The molecule has 174 valence electrons. The second-order valence-electron chi connectivity index (χ2n) is 7.75. The highest BCUT2D eigenvalue weighted by Gasteiger charge is 2.44. The van der Waals surface area contributed by atoms with Crippen molar-refractivity contribution in [2.75, 3.05) is 13.2 Å². The van der Waals surface area contributed by atoms with Gasteiger partial charge in [0.05, 0.1) is 24.4 Å². The molecular formula is C21H27Cl2F3N2O3. The van der Waals surface area contributed by atoms with Gasteiger partial charge >= 0.3 is 6.18 Å². The van der Waals surface area contributed by atoms with Crippen molar-refractivity contribution < 1.29 is 28.1 Å². The summed E-state index contributed by atoms with van der Waals surface area (Å²) in [6, 6.07) is 10.6. The van der Waals surface area contributed by atoms with Gasteiger partial charge in [-0.2, -0.15) is 13.2 Å². The first-order valence-electron chi connectivity index (χ1n) is 9.46. The van der Waals surface area contributed by atoms with Crippen molar-refractivity contribution in [1.29, 1.82) is 0 Å². The van der Waals surface area contributed by atoms with Crippen LogP contribution >= 0.6 is 24.8 Å². The van der Waals surface area contributed by atoms with Crippen LogP contribution in [0.3, 0.4) is 0 Å². The molecule has 0 bridgehead atoms. The third-order valence-corrected chi connectivity index (χ3v) is 5.20. The number of nitrogens with one attached hydrogen (secondary N) is 1. The van der Waals surface area contributed by atoms with Crippen LogP contribution in [-0.4, -0.2) is 40.6 Å². The van der Waals surface area contributed by atoms with Crippen LogP contribution in [0, 0.1) is 12.3 Å². The Morgan fingerprint density at radius 1 is 1.10 bits per heavy atom. The largest absolute Gasteiger partial charge is 0.477 e. The fraction of sp³-hybridized carbons (Fsp3) is 0.476. The van der Waals surface area contributed by atoms with Crippen LogP contribution in [0.2, 0.25) is 0 Å². The standard InChI is InChI=1S/C21H25F3N2O3.2ClH/c1-14-4-2-7-19(26-14)29-13-20(9-17(27)18(28)10-20)12-25-11-15-5-3-6-16(8-15)21(22,23)24;;/h2-8,17-18,25,27-28H,9-13H2,1H3;2*1H/t17-,18+,20?;;. The number of aliphatic hydroxyl groups excluding tert-OH is 2. The number of alkyl halides is 3. The molecule has 1 aliphatic carbocycles. The molecule has 2 aromatic rings. The summed E-state index contributed by atoms with van der Waals surface area (Å²) in [5.41, 5.74) is 0.0828. The highest BCUT2D eigenvalue weighted by atomic mass is 35.5. The summed E-state index contributed by atoms with van der Waals surface area (Å²) in [4.78, 5) is 4.29. The number of rotatable bonds is 7. The monoisotopic (exact) mass is 482 g/mol. The topological polar surface area (TPSA) is 74.6 Å². The molecule has 1 aromatic carbocycles. The van der Waals surface area contributed by atoms with Gasteiger partial charge in [0, 0.05) is 30.3 Å². The van der Waals surface area contributed by atoms with Crippen molar-refractivity contribution in [3.8, 4) is 5.88 Å². The lowest BCUT2D eigenvalue weighted by atomic mass is 9.86. The summed E-state index contributed by atoms with van der Waals surface area (Å²) < 4.78 is 44.4. The summed E-state index contributed by atoms with van der Waals surface area (Å²) in [6.07, 6.45) is -5.45. The predicted octanol–water partition coefficient (Wildman–Crippen LogP) is 3.92. The van der Waals surface area contributed by atoms with Gasteiger partial charge in [-0.15, -0.1) is 24.8 Å². The number of ether oxygens (including phenoxy) is 1. The van der Waals surface area contributed by atoms with E-state index >= 15 is 0 Å². The molecule has 0 saturated heterocycles. The zero-order valence-corrected chi connectivity index (χ0v) is 18.6. The minimum atomic E-state index is -4.38. The molecule has 1 aliphatic rings. The molecule has 3 atom stereocenters. The van der Waals surface area contributed by atoms with Crippen molar-refractivity contribution in [3.05, 3.63) is 59.3 Å². The van der Waals surface area contributed by atoms with Gasteiger partial charge in [-0.05, 0) is 37.5 Å². The Bertz CT molecular complexity index is 830. The summed E-state index contributed by atoms with van der Waals surface area (Å²) in [5, 5.41) is 23.2. The van der Waals surface area contributed by atoms with E-state index < -0.39 is 29.4 Å². The smallest absolute Gasteiger partial charge is 0.416 e. The fourth-order valence-electron chi connectivity index (χ4n) is 3.71. The molecular weight excluding hydrogens is 456 g/mol. The molecule has 1 saturated carbocycles. The SMILES string of the molecule is Cc1cccc(OCC2(CNCc3cccc(C(F)(F)F)c3)C[C@@H](O)[C@@H](O)C2)n1.Cl.Cl. The van der Waals surface area contributed by atoms with Crippen molar-refractivity contribution in [2.45, 2.75) is 44.7 Å². The zero-order chi connectivity index (χ0) is 21.1. The Morgan fingerprint density at radius 2 is 1.74 bits per heavy atom. The van der Waals surface area contributed by atoms with Crippen molar-refractivity contribution in [3.63, 3.8) is 0 Å². The minimum Gasteiger partial charge on any atom is -0.477 e. The number of aromatic nitrogens is 1. The number of hydrogen-bond acceptors (Lipinski definition) is 5. The number of nitrogens with zero attached hydrogens (tertiary/aromatic N) is 1. The van der Waals surface area contributed by atoms with Gasteiger partial charge in [0.1, 0.15) is 0 Å². The summed E-state index contributed by atoms with van der Waals surface area (Å²) in [6.45, 7) is 2.69. The molecule has 3 rings (SSSR count). The van der Waals surface area contributed by atoms with Crippen LogP contribution in [0.1, 0.15) is 29.7 Å². The highest BCUT2D eigenvalue weighted by Crippen LogP contribution is 2.38. The average molecular weight is 483 g/mol. The minimum absolute atomic E-state index is 0. The van der Waals surface area contributed by atoms with E-state index in [1.165, 1.54) is 6.07 Å². The van der Waals surface area contributed by atoms with Crippen LogP contribution in [0.5, 0.6) is 5.88 Å². The van der Waals surface area contributed by atoms with E-state index in [1.807, 2.05) is 19.1 Å². The summed E-state index contributed by atoms with van der Waals surface area (Å²) >= 11 is 0. The number of aliphatic hydroxyl groups is 2. The Balaban J connectivity index is 0.00000240. The maximum atomic E-state index is 12.9. The maximum Gasteiger partial charge on any atom is 0.416 e. The number of benzene rings is 1. The molecule has 1 heterocycles. The molecule has 1 unspecified atom stereocenters. The first-order chi connectivity index (χ1) is 13.7. The van der Waals surface area contributed by atoms with Crippen LogP contribution < -0.4 is 10.1 Å². The Hall–Kier alpha value is -1.58. The number of aryl methyl sites for hydroxylation is 1. The van der Waals surface area contributed by atoms with Crippen molar-refractivity contribution >= 4 is 24.8 Å². The van der Waals surface area contributed by atoms with Crippen molar-refractivity contribution in [2.24, 2.45) is 5.41 Å². The van der Waals surface area contributed by atoms with Crippen LogP contribution in [0.4, 0.5) is 13.2 Å². The Labute approximate surface area is 191 Å². The Morgan fingerprint density at radius 3 is 2.35 bits per heavy atom. The summed E-state index contributed by atoms with van der Waals surface area (Å²) in [7, 11) is 0. The van der Waals surface area contributed by atoms with Gasteiger partial charge in [-0.1, -0.05) is 24.3 Å². The molecule has 3 N–H and O–H groups in total. The van der Waals surface area contributed by atoms with Gasteiger partial charge in [0.2, 0.25) is 5.88 Å². The Kier molecular flexibility index (Phi) is 10.0. The fourth-order valence-corrected chi connectivity index (χ4v) is 3.71. The molecule has 5 nitrogen and oxygen atoms in total. The van der Waals surface area contributed by atoms with E-state index in [1.54, 1.807) is 12.1 Å². The van der Waals surface area contributed by atoms with E-state index in [4.69, 9.17) is 4.74 Å². The molecule has 31 heavy (non-hydrogen) atoms. The van der Waals surface area contributed by atoms with Gasteiger partial charge in [-0.3, -0.25) is 0 Å². The van der Waals surface area contributed by atoms with Crippen molar-refractivity contribution in [1.82, 2.24) is 10.3 Å². The van der Waals surface area contributed by atoms with E-state index in [-0.39, 0.29) is 38.0 Å². The third-order valence-electron chi connectivity index (χ3n) is 5.20. The summed E-state index contributed by atoms with van der Waals surface area (Å²) in [5.74, 6) is 0.457. The van der Waals surface area contributed by atoms with Crippen LogP contribution in [0.15, 0.2) is 42.5 Å². The molecule has 0 spiro atoms. The lowest BCUT2D eigenvalue weighted by Crippen LogP contribution is -2.38. The zero-order valence-electron chi connectivity index (χ0n) is 16.9. The first-order valence-corrected chi connectivity index (χ1v) is 9.46. The van der Waals surface area contributed by atoms with E-state index in [9.17, 15) is 23.4 Å². The van der Waals surface area contributed by atoms with Gasteiger partial charge in [0.15, 0.2) is 0 Å². The molecule has 0 radical (unpaired) electrons. The first kappa shape index (κ1) is 27.5.